The van der Waals surface area contributed by atoms with Gasteiger partial charge in [0.05, 0.1) is 19.4 Å². The van der Waals surface area contributed by atoms with Gasteiger partial charge in [-0.3, -0.25) is 14.4 Å². The molecular formula is C24H28BrN5O4. The number of likely N-dealkylation sites (tertiary alicyclic amines) is 1. The minimum Gasteiger partial charge on any atom is -0.444 e. The van der Waals surface area contributed by atoms with Gasteiger partial charge in [0.25, 0.3) is 0 Å². The van der Waals surface area contributed by atoms with E-state index in [9.17, 15) is 9.59 Å². The number of ether oxygens (including phenoxy) is 2. The third kappa shape index (κ3) is 4.36. The molecule has 0 aromatic carbocycles. The van der Waals surface area contributed by atoms with Crippen molar-refractivity contribution in [3.8, 4) is 0 Å². The molecule has 3 atom stereocenters. The fourth-order valence-corrected chi connectivity index (χ4v) is 5.18. The Kier molecular flexibility index (Phi) is 5.55. The van der Waals surface area contributed by atoms with E-state index in [1.807, 2.05) is 37.7 Å². The van der Waals surface area contributed by atoms with Gasteiger partial charge in [-0.05, 0) is 61.2 Å². The average molecular weight is 530 g/mol. The molecule has 180 valence electrons. The normalized spacial score (nSPS) is 26.6. The van der Waals surface area contributed by atoms with Gasteiger partial charge < -0.3 is 14.8 Å². The number of carbonyl (C=O) groups is 2. The highest BCUT2D eigenvalue weighted by Gasteiger charge is 2.68. The number of hydrogen-bond donors (Lipinski definition) is 1. The number of fused-ring (bicyclic) bond motifs is 4. The predicted molar refractivity (Wildman–Crippen MR) is 129 cm³/mol. The first-order valence-electron chi connectivity index (χ1n) is 11.3. The summed E-state index contributed by atoms with van der Waals surface area (Å²) in [5, 5.41) is 7.45. The summed E-state index contributed by atoms with van der Waals surface area (Å²) >= 11 is 3.38. The Morgan fingerprint density at radius 2 is 2.12 bits per heavy atom. The van der Waals surface area contributed by atoms with Crippen molar-refractivity contribution >= 4 is 39.3 Å². The lowest BCUT2D eigenvalue weighted by molar-refractivity contribution is -0.121. The van der Waals surface area contributed by atoms with Gasteiger partial charge in [0.1, 0.15) is 22.1 Å². The molecule has 2 fully saturated rings. The third-order valence-electron chi connectivity index (χ3n) is 6.56. The van der Waals surface area contributed by atoms with Gasteiger partial charge in [-0.25, -0.2) is 9.78 Å². The molecule has 0 unspecified atom stereocenters. The Bertz CT molecular complexity index is 1170. The number of pyridine rings is 1. The molecular weight excluding hydrogens is 502 g/mol. The molecule has 10 heteroatoms. The Hall–Kier alpha value is -2.72. The fourth-order valence-electron chi connectivity index (χ4n) is 4.87. The lowest BCUT2D eigenvalue weighted by atomic mass is 9.99. The number of nitrogens with zero attached hydrogens (tertiary/aromatic N) is 4. The monoisotopic (exact) mass is 529 g/mol. The Balaban J connectivity index is 1.51. The number of halogens is 1. The zero-order valence-corrected chi connectivity index (χ0v) is 21.1. The first kappa shape index (κ1) is 23.0. The first-order chi connectivity index (χ1) is 16.0. The fraction of sp³-hybridized carbons (Fsp3) is 0.500. The van der Waals surface area contributed by atoms with E-state index in [0.29, 0.717) is 30.0 Å². The van der Waals surface area contributed by atoms with E-state index >= 15 is 0 Å². The van der Waals surface area contributed by atoms with Crippen LogP contribution in [-0.2, 0) is 27.4 Å². The Morgan fingerprint density at radius 1 is 1.32 bits per heavy atom. The maximum Gasteiger partial charge on any atom is 0.411 e. The molecule has 4 heterocycles. The van der Waals surface area contributed by atoms with E-state index in [2.05, 4.69) is 37.9 Å². The smallest absolute Gasteiger partial charge is 0.411 e. The molecule has 3 aliphatic rings. The topological polar surface area (TPSA) is 98.6 Å². The molecule has 1 spiro atoms. The number of nitrogens with one attached hydrogen (secondary N) is 1. The second kappa shape index (κ2) is 8.20. The second-order valence-corrected chi connectivity index (χ2v) is 11.2. The molecule has 34 heavy (non-hydrogen) atoms. The highest BCUT2D eigenvalue weighted by Crippen LogP contribution is 2.61. The largest absolute Gasteiger partial charge is 0.444 e. The van der Waals surface area contributed by atoms with Crippen molar-refractivity contribution < 1.29 is 19.1 Å². The summed E-state index contributed by atoms with van der Waals surface area (Å²) in [6, 6.07) is 2.90. The third-order valence-corrected chi connectivity index (χ3v) is 7.01. The van der Waals surface area contributed by atoms with Crippen molar-refractivity contribution in [3.05, 3.63) is 46.8 Å². The number of rotatable bonds is 0. The van der Waals surface area contributed by atoms with E-state index < -0.39 is 17.7 Å². The van der Waals surface area contributed by atoms with E-state index in [0.717, 1.165) is 23.1 Å². The summed E-state index contributed by atoms with van der Waals surface area (Å²) in [5.74, 6) is 0.120. The summed E-state index contributed by atoms with van der Waals surface area (Å²) in [4.78, 5) is 32.8. The standard InChI is InChI=1S/C24H28BrN5O4/c1-14-11-33-12-15-5-6-19(25)27-20(15)28-21(31)17-7-24(13-29-10-16(14)9-26-29)8-18(24)30(17)22(32)34-23(2,3)4/h5-6,9-10,17-18H,1,7-8,11-13H2,2-4H3,(H,27,28,31)/t17-,18+,24-/m0/s1. The average Bonchev–Trinajstić information content (AvgIpc) is 3.08. The van der Waals surface area contributed by atoms with Crippen LogP contribution in [0.25, 0.3) is 5.57 Å². The van der Waals surface area contributed by atoms with Crippen LogP contribution in [0, 0.1) is 5.41 Å². The molecule has 1 saturated carbocycles. The van der Waals surface area contributed by atoms with Gasteiger partial charge in [-0.2, -0.15) is 5.10 Å². The van der Waals surface area contributed by atoms with Crippen molar-refractivity contribution in [2.24, 2.45) is 5.41 Å². The number of anilines is 1. The number of carbonyl (C=O) groups excluding carboxylic acids is 2. The van der Waals surface area contributed by atoms with E-state index in [1.165, 1.54) is 0 Å². The van der Waals surface area contributed by atoms with Crippen LogP contribution in [0.5, 0.6) is 0 Å². The molecule has 1 N–H and O–H groups in total. The lowest BCUT2D eigenvalue weighted by Gasteiger charge is -2.29. The number of amides is 2. The predicted octanol–water partition coefficient (Wildman–Crippen LogP) is 3.99. The quantitative estimate of drug-likeness (QED) is 0.518. The Labute approximate surface area is 206 Å². The molecule has 1 saturated heterocycles. The van der Waals surface area contributed by atoms with E-state index in [4.69, 9.17) is 9.47 Å². The van der Waals surface area contributed by atoms with Crippen molar-refractivity contribution in [2.75, 3.05) is 11.9 Å². The van der Waals surface area contributed by atoms with Crippen LogP contribution < -0.4 is 5.32 Å². The maximum atomic E-state index is 13.5. The number of aromatic nitrogens is 3. The first-order valence-corrected chi connectivity index (χ1v) is 12.1. The number of piperidine rings is 1. The summed E-state index contributed by atoms with van der Waals surface area (Å²) in [6.07, 6.45) is 4.59. The molecule has 2 aliphatic heterocycles. The highest BCUT2D eigenvalue weighted by molar-refractivity contribution is 9.10. The molecule has 2 amide bonds. The summed E-state index contributed by atoms with van der Waals surface area (Å²) in [5.41, 5.74) is 1.57. The van der Waals surface area contributed by atoms with Crippen LogP contribution in [0.15, 0.2) is 35.7 Å². The van der Waals surface area contributed by atoms with Gasteiger partial charge >= 0.3 is 6.09 Å². The highest BCUT2D eigenvalue weighted by atomic mass is 79.9. The summed E-state index contributed by atoms with van der Waals surface area (Å²) in [7, 11) is 0. The molecule has 0 radical (unpaired) electrons. The Morgan fingerprint density at radius 3 is 2.88 bits per heavy atom. The van der Waals surface area contributed by atoms with Crippen molar-refractivity contribution in [3.63, 3.8) is 0 Å². The van der Waals surface area contributed by atoms with Gasteiger partial charge in [0.15, 0.2) is 0 Å². The minimum atomic E-state index is -0.668. The number of hydrogen-bond acceptors (Lipinski definition) is 6. The molecule has 2 aromatic heterocycles. The van der Waals surface area contributed by atoms with Crippen LogP contribution in [0.3, 0.4) is 0 Å². The van der Waals surface area contributed by atoms with Crippen LogP contribution in [0.1, 0.15) is 44.7 Å². The summed E-state index contributed by atoms with van der Waals surface area (Å²) in [6.45, 7) is 10.8. The van der Waals surface area contributed by atoms with E-state index in [1.54, 1.807) is 17.2 Å². The van der Waals surface area contributed by atoms with Crippen molar-refractivity contribution in [2.45, 2.75) is 64.4 Å². The van der Waals surface area contributed by atoms with Gasteiger partial charge in [0.2, 0.25) is 5.91 Å². The zero-order chi connectivity index (χ0) is 24.3. The van der Waals surface area contributed by atoms with Crippen LogP contribution in [0.4, 0.5) is 10.6 Å². The van der Waals surface area contributed by atoms with Gasteiger partial charge in [-0.1, -0.05) is 12.6 Å². The van der Waals surface area contributed by atoms with Gasteiger partial charge in [-0.15, -0.1) is 0 Å². The van der Waals surface area contributed by atoms with Crippen LogP contribution in [0.2, 0.25) is 0 Å². The molecule has 1 aliphatic carbocycles. The van der Waals surface area contributed by atoms with Gasteiger partial charge in [0, 0.05) is 35.3 Å². The second-order valence-electron chi connectivity index (χ2n) is 10.3. The van der Waals surface area contributed by atoms with Crippen molar-refractivity contribution in [1.82, 2.24) is 19.7 Å². The molecule has 9 nitrogen and oxygen atoms in total. The summed E-state index contributed by atoms with van der Waals surface area (Å²) < 4.78 is 14.0. The minimum absolute atomic E-state index is 0.0832. The zero-order valence-electron chi connectivity index (χ0n) is 19.5. The van der Waals surface area contributed by atoms with Crippen LogP contribution >= 0.6 is 15.9 Å². The SMILES string of the molecule is C=C1COCc2ccc(Br)nc2NC(=O)[C@@H]2C[C@]3(C[C@H]3N2C(=O)OC(C)(C)C)Cn2cc1cn2. The maximum absolute atomic E-state index is 13.5. The molecule has 2 aromatic rings. The van der Waals surface area contributed by atoms with Crippen molar-refractivity contribution in [1.29, 1.82) is 0 Å². The molecule has 5 rings (SSSR count). The van der Waals surface area contributed by atoms with E-state index in [-0.39, 0.29) is 24.0 Å². The molecule has 4 bridgehead atoms. The lowest BCUT2D eigenvalue weighted by Crippen LogP contribution is -2.47. The van der Waals surface area contributed by atoms with Crippen LogP contribution in [-0.4, -0.2) is 56.0 Å².